The van der Waals surface area contributed by atoms with Gasteiger partial charge in [0.1, 0.15) is 5.54 Å². The van der Waals surface area contributed by atoms with Crippen LogP contribution in [-0.2, 0) is 9.53 Å². The van der Waals surface area contributed by atoms with Crippen LogP contribution >= 0.6 is 0 Å². The van der Waals surface area contributed by atoms with Crippen molar-refractivity contribution in [2.75, 3.05) is 13.7 Å². The fourth-order valence-corrected chi connectivity index (χ4v) is 3.32. The molecule has 0 aromatic carbocycles. The summed E-state index contributed by atoms with van der Waals surface area (Å²) in [5.74, 6) is 0.700. The summed E-state index contributed by atoms with van der Waals surface area (Å²) >= 11 is 0. The number of carbonyl (C=O) groups excluding carboxylic acids is 1. The average Bonchev–Trinajstić information content (AvgIpc) is 2.72. The molecule has 0 N–H and O–H groups in total. The second-order valence-electron chi connectivity index (χ2n) is 4.85. The van der Waals surface area contributed by atoms with Crippen LogP contribution < -0.4 is 0 Å². The Bertz CT molecular complexity index is 325. The topological polar surface area (TPSA) is 29.5 Å². The van der Waals surface area contributed by atoms with Gasteiger partial charge in [-0.1, -0.05) is 12.2 Å². The summed E-state index contributed by atoms with van der Waals surface area (Å²) in [5, 5.41) is 0. The molecule has 3 rings (SSSR count). The Hall–Kier alpha value is -0.830. The van der Waals surface area contributed by atoms with Crippen LogP contribution in [0.3, 0.4) is 0 Å². The van der Waals surface area contributed by atoms with Gasteiger partial charge in [0.2, 0.25) is 0 Å². The fraction of sp³-hybridized carbons (Fsp3) is 0.727. The van der Waals surface area contributed by atoms with Crippen LogP contribution in [0.2, 0.25) is 0 Å². The quantitative estimate of drug-likeness (QED) is 0.459. The molecule has 0 aromatic heterocycles. The maximum Gasteiger partial charge on any atom is 0.326 e. The molecule has 3 fully saturated rings. The highest BCUT2D eigenvalue weighted by Gasteiger charge is 2.65. The Labute approximate surface area is 83.7 Å². The lowest BCUT2D eigenvalue weighted by Crippen LogP contribution is -2.48. The molecular weight excluding hydrogens is 178 g/mol. The molecule has 0 radical (unpaired) electrons. The SMILES string of the molecule is C=C1CN2[C@H]3C[C@H]3CC2(C(=O)OC)C1. The largest absolute Gasteiger partial charge is 0.468 e. The number of nitrogens with zero attached hydrogens (tertiary/aromatic N) is 1. The van der Waals surface area contributed by atoms with Gasteiger partial charge in [-0.25, -0.2) is 0 Å². The van der Waals surface area contributed by atoms with Gasteiger partial charge in [-0.15, -0.1) is 0 Å². The molecule has 1 aliphatic carbocycles. The number of carbonyl (C=O) groups is 1. The second kappa shape index (κ2) is 2.40. The Morgan fingerprint density at radius 2 is 2.50 bits per heavy atom. The maximum absolute atomic E-state index is 11.8. The van der Waals surface area contributed by atoms with Crippen LogP contribution in [0.4, 0.5) is 0 Å². The van der Waals surface area contributed by atoms with Gasteiger partial charge in [-0.2, -0.15) is 0 Å². The van der Waals surface area contributed by atoms with Crippen molar-refractivity contribution in [1.29, 1.82) is 0 Å². The van der Waals surface area contributed by atoms with E-state index in [0.717, 1.165) is 25.3 Å². The summed E-state index contributed by atoms with van der Waals surface area (Å²) in [6.07, 6.45) is 3.07. The van der Waals surface area contributed by atoms with E-state index in [4.69, 9.17) is 4.74 Å². The highest BCUT2D eigenvalue weighted by molar-refractivity contribution is 5.83. The lowest BCUT2D eigenvalue weighted by molar-refractivity contribution is -0.152. The van der Waals surface area contributed by atoms with E-state index in [0.29, 0.717) is 6.04 Å². The first kappa shape index (κ1) is 8.48. The summed E-state index contributed by atoms with van der Waals surface area (Å²) in [7, 11) is 1.49. The lowest BCUT2D eigenvalue weighted by Gasteiger charge is -2.30. The monoisotopic (exact) mass is 193 g/mol. The van der Waals surface area contributed by atoms with Crippen LogP contribution in [0.1, 0.15) is 19.3 Å². The maximum atomic E-state index is 11.8. The molecule has 1 saturated carbocycles. The van der Waals surface area contributed by atoms with Gasteiger partial charge in [-0.3, -0.25) is 9.69 Å². The first-order chi connectivity index (χ1) is 6.67. The zero-order valence-electron chi connectivity index (χ0n) is 8.45. The normalized spacial score (nSPS) is 44.8. The molecule has 1 unspecified atom stereocenters. The van der Waals surface area contributed by atoms with Gasteiger partial charge in [0.05, 0.1) is 7.11 Å². The first-order valence-electron chi connectivity index (χ1n) is 5.19. The van der Waals surface area contributed by atoms with Gasteiger partial charge < -0.3 is 4.74 Å². The van der Waals surface area contributed by atoms with Crippen LogP contribution in [-0.4, -0.2) is 36.1 Å². The summed E-state index contributed by atoms with van der Waals surface area (Å²) in [5.41, 5.74) is 0.861. The minimum Gasteiger partial charge on any atom is -0.468 e. The molecule has 0 bridgehead atoms. The van der Waals surface area contributed by atoms with Crippen molar-refractivity contribution >= 4 is 5.97 Å². The van der Waals surface area contributed by atoms with Crippen LogP contribution in [0.15, 0.2) is 12.2 Å². The lowest BCUT2D eigenvalue weighted by atomic mass is 9.91. The number of ether oxygens (including phenoxy) is 1. The van der Waals surface area contributed by atoms with Crippen molar-refractivity contribution in [3.8, 4) is 0 Å². The minimum absolute atomic E-state index is 0.0525. The standard InChI is InChI=1S/C11H15NO2/c1-7-4-11(10(13)14-2)5-8-3-9(8)12(11)6-7/h8-9H,1,3-6H2,2H3/t8-,9-,11?/m0/s1. The Morgan fingerprint density at radius 3 is 3.21 bits per heavy atom. The molecule has 3 aliphatic rings. The molecule has 3 heteroatoms. The van der Waals surface area contributed by atoms with E-state index in [2.05, 4.69) is 11.5 Å². The number of fused-ring (bicyclic) bond motifs is 3. The van der Waals surface area contributed by atoms with E-state index < -0.39 is 0 Å². The zero-order valence-corrected chi connectivity index (χ0v) is 8.45. The van der Waals surface area contributed by atoms with E-state index in [1.807, 2.05) is 0 Å². The van der Waals surface area contributed by atoms with E-state index in [9.17, 15) is 4.79 Å². The number of hydrogen-bond acceptors (Lipinski definition) is 3. The number of methoxy groups -OCH3 is 1. The van der Waals surface area contributed by atoms with Crippen molar-refractivity contribution < 1.29 is 9.53 Å². The molecule has 0 spiro atoms. The van der Waals surface area contributed by atoms with Gasteiger partial charge in [-0.05, 0) is 25.2 Å². The molecule has 0 amide bonds. The van der Waals surface area contributed by atoms with Crippen molar-refractivity contribution in [3.05, 3.63) is 12.2 Å². The summed E-state index contributed by atoms with van der Waals surface area (Å²) < 4.78 is 4.93. The van der Waals surface area contributed by atoms with Crippen molar-refractivity contribution in [3.63, 3.8) is 0 Å². The average molecular weight is 193 g/mol. The van der Waals surface area contributed by atoms with Crippen molar-refractivity contribution in [2.45, 2.75) is 30.8 Å². The molecule has 76 valence electrons. The number of hydrogen-bond donors (Lipinski definition) is 0. The number of esters is 1. The second-order valence-corrected chi connectivity index (χ2v) is 4.85. The molecule has 3 atom stereocenters. The number of piperidine rings is 1. The van der Waals surface area contributed by atoms with E-state index in [-0.39, 0.29) is 11.5 Å². The molecule has 2 aliphatic heterocycles. The predicted octanol–water partition coefficient (Wildman–Crippen LogP) is 0.952. The van der Waals surface area contributed by atoms with Crippen LogP contribution in [0.5, 0.6) is 0 Å². The summed E-state index contributed by atoms with van der Waals surface area (Å²) in [4.78, 5) is 14.1. The minimum atomic E-state index is -0.320. The van der Waals surface area contributed by atoms with E-state index >= 15 is 0 Å². The molecule has 0 aromatic rings. The van der Waals surface area contributed by atoms with Gasteiger partial charge in [0.15, 0.2) is 0 Å². The first-order valence-corrected chi connectivity index (χ1v) is 5.19. The molecule has 2 saturated heterocycles. The molecule has 2 heterocycles. The van der Waals surface area contributed by atoms with E-state index in [1.165, 1.54) is 19.1 Å². The zero-order chi connectivity index (χ0) is 9.92. The smallest absolute Gasteiger partial charge is 0.326 e. The molecule has 14 heavy (non-hydrogen) atoms. The molecule has 3 nitrogen and oxygen atoms in total. The van der Waals surface area contributed by atoms with Gasteiger partial charge in [0, 0.05) is 12.6 Å². The highest BCUT2D eigenvalue weighted by Crippen LogP contribution is 2.57. The van der Waals surface area contributed by atoms with E-state index in [1.54, 1.807) is 0 Å². The highest BCUT2D eigenvalue weighted by atomic mass is 16.5. The molecular formula is C11H15NO2. The predicted molar refractivity (Wildman–Crippen MR) is 51.7 cm³/mol. The third-order valence-electron chi connectivity index (χ3n) is 3.94. The van der Waals surface area contributed by atoms with Crippen LogP contribution in [0.25, 0.3) is 0 Å². The third kappa shape index (κ3) is 0.836. The van der Waals surface area contributed by atoms with Gasteiger partial charge in [0.25, 0.3) is 0 Å². The summed E-state index contributed by atoms with van der Waals surface area (Å²) in [6.45, 7) is 4.90. The van der Waals surface area contributed by atoms with Gasteiger partial charge >= 0.3 is 5.97 Å². The third-order valence-corrected chi connectivity index (χ3v) is 3.94. The number of rotatable bonds is 1. The Morgan fingerprint density at radius 1 is 1.71 bits per heavy atom. The fourth-order valence-electron chi connectivity index (χ4n) is 3.32. The Kier molecular flexibility index (Phi) is 1.45. The summed E-state index contributed by atoms with van der Waals surface area (Å²) in [6, 6.07) is 0.647. The van der Waals surface area contributed by atoms with Crippen LogP contribution in [0, 0.1) is 5.92 Å². The Balaban J connectivity index is 1.96. The van der Waals surface area contributed by atoms with Crippen molar-refractivity contribution in [2.24, 2.45) is 5.92 Å². The van der Waals surface area contributed by atoms with Crippen molar-refractivity contribution in [1.82, 2.24) is 4.90 Å².